The van der Waals surface area contributed by atoms with E-state index in [1.54, 1.807) is 0 Å². The standard InChI is InChI=1S/C7H9NS.Na/c1-5-3-2-4-6(9)7(5)8;/h2-4,9H,8H2,1H3;/q;+1/p-1. The summed E-state index contributed by atoms with van der Waals surface area (Å²) in [7, 11) is 0. The molecule has 0 bridgehead atoms. The van der Waals surface area contributed by atoms with E-state index in [0.29, 0.717) is 0 Å². The first-order valence-electron chi connectivity index (χ1n) is 2.74. The minimum atomic E-state index is 0. The van der Waals surface area contributed by atoms with Gasteiger partial charge in [-0.15, -0.1) is 0 Å². The number of benzene rings is 1. The van der Waals surface area contributed by atoms with Gasteiger partial charge in [-0.2, -0.15) is 4.90 Å². The predicted molar refractivity (Wildman–Crippen MR) is 41.2 cm³/mol. The molecule has 48 valence electrons. The molecule has 0 aliphatic heterocycles. The van der Waals surface area contributed by atoms with Crippen LogP contribution >= 0.6 is 0 Å². The van der Waals surface area contributed by atoms with E-state index in [4.69, 9.17) is 18.4 Å². The van der Waals surface area contributed by atoms with Gasteiger partial charge in [0.15, 0.2) is 0 Å². The molecule has 1 aromatic carbocycles. The zero-order valence-corrected chi connectivity index (χ0v) is 9.03. The van der Waals surface area contributed by atoms with Gasteiger partial charge in [-0.25, -0.2) is 0 Å². The van der Waals surface area contributed by atoms with E-state index in [9.17, 15) is 0 Å². The van der Waals surface area contributed by atoms with E-state index in [-0.39, 0.29) is 29.6 Å². The third-order valence-electron chi connectivity index (χ3n) is 1.28. The maximum absolute atomic E-state index is 5.58. The Morgan fingerprint density at radius 2 is 2.00 bits per heavy atom. The first kappa shape index (κ1) is 10.2. The third kappa shape index (κ3) is 2.13. The van der Waals surface area contributed by atoms with Gasteiger partial charge < -0.3 is 18.4 Å². The van der Waals surface area contributed by atoms with Crippen molar-refractivity contribution in [2.75, 3.05) is 5.73 Å². The van der Waals surface area contributed by atoms with E-state index in [2.05, 4.69) is 0 Å². The van der Waals surface area contributed by atoms with Gasteiger partial charge in [0.1, 0.15) is 0 Å². The second kappa shape index (κ2) is 4.19. The number of rotatable bonds is 0. The van der Waals surface area contributed by atoms with Crippen LogP contribution in [-0.4, -0.2) is 0 Å². The van der Waals surface area contributed by atoms with Crippen LogP contribution in [0.5, 0.6) is 0 Å². The number of nitrogen functional groups attached to an aromatic ring is 1. The molecule has 0 fully saturated rings. The molecule has 1 nitrogen and oxygen atoms in total. The normalized spacial score (nSPS) is 8.50. The number of aryl methyl sites for hydroxylation is 1. The maximum Gasteiger partial charge on any atom is 1.00 e. The Morgan fingerprint density at radius 3 is 2.40 bits per heavy atom. The molecule has 1 aromatic rings. The second-order valence-corrected chi connectivity index (χ2v) is 2.43. The number of nitrogens with two attached hydrogens (primary N) is 1. The van der Waals surface area contributed by atoms with E-state index in [1.807, 2.05) is 25.1 Å². The van der Waals surface area contributed by atoms with E-state index in [1.165, 1.54) is 0 Å². The quantitative estimate of drug-likeness (QED) is 0.284. The molecular weight excluding hydrogens is 153 g/mol. The van der Waals surface area contributed by atoms with Crippen LogP contribution in [0.15, 0.2) is 23.1 Å². The topological polar surface area (TPSA) is 26.0 Å². The van der Waals surface area contributed by atoms with Gasteiger partial charge in [0.2, 0.25) is 0 Å². The van der Waals surface area contributed by atoms with Crippen molar-refractivity contribution in [1.29, 1.82) is 0 Å². The molecule has 0 heterocycles. The number of hydrogen-bond acceptors (Lipinski definition) is 2. The monoisotopic (exact) mass is 161 g/mol. The van der Waals surface area contributed by atoms with Crippen LogP contribution in [0, 0.1) is 6.92 Å². The molecule has 0 saturated carbocycles. The molecule has 0 amide bonds. The van der Waals surface area contributed by atoms with Gasteiger partial charge in [-0.1, -0.05) is 18.2 Å². The Balaban J connectivity index is 0.000000810. The van der Waals surface area contributed by atoms with Crippen molar-refractivity contribution in [3.8, 4) is 0 Å². The Hall–Kier alpha value is 0.240. The van der Waals surface area contributed by atoms with Crippen LogP contribution < -0.4 is 35.3 Å². The largest absolute Gasteiger partial charge is 1.00 e. The molecular formula is C7H8NNaS. The summed E-state index contributed by atoms with van der Waals surface area (Å²) in [6.45, 7) is 1.95. The van der Waals surface area contributed by atoms with Crippen molar-refractivity contribution in [3.05, 3.63) is 23.8 Å². The fraction of sp³-hybridized carbons (Fsp3) is 0.143. The summed E-state index contributed by atoms with van der Waals surface area (Å²) in [5, 5.41) is 0. The second-order valence-electron chi connectivity index (χ2n) is 1.99. The molecule has 0 atom stereocenters. The van der Waals surface area contributed by atoms with E-state index >= 15 is 0 Å². The summed E-state index contributed by atoms with van der Waals surface area (Å²) in [6, 6.07) is 5.69. The fourth-order valence-electron chi connectivity index (χ4n) is 0.654. The predicted octanol–water partition coefficient (Wildman–Crippen LogP) is -1.51. The first-order chi connectivity index (χ1) is 4.22. The van der Waals surface area contributed by atoms with Crippen molar-refractivity contribution in [2.45, 2.75) is 11.8 Å². The van der Waals surface area contributed by atoms with Gasteiger partial charge in [-0.05, 0) is 12.5 Å². The summed E-state index contributed by atoms with van der Waals surface area (Å²) in [5.41, 5.74) is 7.36. The Bertz CT molecular complexity index is 205. The SMILES string of the molecule is Cc1cccc([S-])c1N.[Na+]. The first-order valence-corrected chi connectivity index (χ1v) is 3.15. The molecule has 0 unspecified atom stereocenters. The van der Waals surface area contributed by atoms with Gasteiger partial charge in [0.05, 0.1) is 0 Å². The van der Waals surface area contributed by atoms with Gasteiger partial charge in [-0.3, -0.25) is 0 Å². The van der Waals surface area contributed by atoms with Crippen molar-refractivity contribution in [3.63, 3.8) is 0 Å². The molecule has 0 aliphatic rings. The van der Waals surface area contributed by atoms with Gasteiger partial charge in [0, 0.05) is 5.69 Å². The zero-order chi connectivity index (χ0) is 6.85. The minimum Gasteiger partial charge on any atom is -0.778 e. The van der Waals surface area contributed by atoms with E-state index < -0.39 is 0 Å². The number of anilines is 1. The minimum absolute atomic E-state index is 0. The molecule has 0 aliphatic carbocycles. The van der Waals surface area contributed by atoms with E-state index in [0.717, 1.165) is 16.1 Å². The average Bonchev–Trinajstić information content (AvgIpc) is 1.83. The van der Waals surface area contributed by atoms with Gasteiger partial charge in [0.25, 0.3) is 0 Å². The van der Waals surface area contributed by atoms with Crippen molar-refractivity contribution >= 4 is 18.3 Å². The van der Waals surface area contributed by atoms with Crippen molar-refractivity contribution in [2.24, 2.45) is 0 Å². The van der Waals surface area contributed by atoms with Crippen molar-refractivity contribution in [1.82, 2.24) is 0 Å². The average molecular weight is 161 g/mol. The fourth-order valence-corrected chi connectivity index (χ4v) is 0.893. The maximum atomic E-state index is 5.58. The van der Waals surface area contributed by atoms with Crippen LogP contribution in [0.2, 0.25) is 0 Å². The molecule has 1 rings (SSSR count). The molecule has 0 spiro atoms. The summed E-state index contributed by atoms with van der Waals surface area (Å²) in [5.74, 6) is 0. The van der Waals surface area contributed by atoms with Crippen LogP contribution in [0.25, 0.3) is 0 Å². The van der Waals surface area contributed by atoms with Crippen LogP contribution in [0.3, 0.4) is 0 Å². The zero-order valence-electron chi connectivity index (χ0n) is 6.22. The number of hydrogen-bond donors (Lipinski definition) is 1. The molecule has 0 saturated heterocycles. The summed E-state index contributed by atoms with van der Waals surface area (Å²) >= 11 is 4.92. The Morgan fingerprint density at radius 1 is 1.40 bits per heavy atom. The van der Waals surface area contributed by atoms with Gasteiger partial charge >= 0.3 is 29.6 Å². The van der Waals surface area contributed by atoms with Crippen LogP contribution in [-0.2, 0) is 12.6 Å². The summed E-state index contributed by atoms with van der Waals surface area (Å²) in [6.07, 6.45) is 0. The number of para-hydroxylation sites is 1. The smallest absolute Gasteiger partial charge is 0.778 e. The third-order valence-corrected chi connectivity index (χ3v) is 1.64. The molecule has 3 heteroatoms. The van der Waals surface area contributed by atoms with Crippen LogP contribution in [0.1, 0.15) is 5.56 Å². The molecule has 0 radical (unpaired) electrons. The molecule has 10 heavy (non-hydrogen) atoms. The van der Waals surface area contributed by atoms with Crippen LogP contribution in [0.4, 0.5) is 5.69 Å². The summed E-state index contributed by atoms with van der Waals surface area (Å²) < 4.78 is 0. The Kier molecular flexibility index (Phi) is 4.29. The Labute approximate surface area is 88.7 Å². The molecule has 2 N–H and O–H groups in total. The summed E-state index contributed by atoms with van der Waals surface area (Å²) in [4.78, 5) is 0.745. The van der Waals surface area contributed by atoms with Crippen molar-refractivity contribution < 1.29 is 29.6 Å². The molecule has 0 aromatic heterocycles.